The number of carbonyl (C=O) groups is 3. The van der Waals surface area contributed by atoms with Crippen LogP contribution in [0.2, 0.25) is 0 Å². The molecular formula is C16H16N4O4S. The Morgan fingerprint density at radius 1 is 1.32 bits per heavy atom. The topological polar surface area (TPSA) is 110 Å². The van der Waals surface area contributed by atoms with Crippen LogP contribution in [0.3, 0.4) is 0 Å². The molecule has 9 heteroatoms. The standard InChI is InChI=1S/C16H16N4O4S/c1-9(2)24-15(23)11-5-4-6-12(7-11)17-13(21)8-25-16-18-14(22)10(3)19-20-16/h4-7,9H,3,8H2,1-2H3,(H,17,21). The summed E-state index contributed by atoms with van der Waals surface area (Å²) in [4.78, 5) is 38.8. The zero-order chi connectivity index (χ0) is 18.4. The van der Waals surface area contributed by atoms with Gasteiger partial charge in [0.25, 0.3) is 5.91 Å². The molecule has 0 aromatic heterocycles. The van der Waals surface area contributed by atoms with E-state index in [4.69, 9.17) is 4.74 Å². The molecule has 0 spiro atoms. The minimum atomic E-state index is -0.575. The van der Waals surface area contributed by atoms with Crippen molar-refractivity contribution in [2.24, 2.45) is 15.2 Å². The lowest BCUT2D eigenvalue weighted by Gasteiger charge is -2.10. The van der Waals surface area contributed by atoms with Gasteiger partial charge in [0.05, 0.1) is 17.4 Å². The smallest absolute Gasteiger partial charge is 0.338 e. The molecule has 1 aromatic carbocycles. The molecule has 2 rings (SSSR count). The van der Waals surface area contributed by atoms with Crippen LogP contribution in [0.1, 0.15) is 24.2 Å². The highest BCUT2D eigenvalue weighted by atomic mass is 32.2. The van der Waals surface area contributed by atoms with Crippen LogP contribution in [0.15, 0.2) is 51.8 Å². The van der Waals surface area contributed by atoms with E-state index in [1.54, 1.807) is 32.0 Å². The second kappa shape index (κ2) is 8.34. The number of carbonyl (C=O) groups excluding carboxylic acids is 3. The van der Waals surface area contributed by atoms with Gasteiger partial charge in [0.2, 0.25) is 11.1 Å². The van der Waals surface area contributed by atoms with E-state index in [0.29, 0.717) is 11.3 Å². The van der Waals surface area contributed by atoms with Gasteiger partial charge in [-0.3, -0.25) is 9.59 Å². The third-order valence-electron chi connectivity index (χ3n) is 2.76. The van der Waals surface area contributed by atoms with Gasteiger partial charge in [-0.1, -0.05) is 24.4 Å². The Hall–Kier alpha value is -2.81. The Labute approximate surface area is 148 Å². The molecule has 8 nitrogen and oxygen atoms in total. The Balaban J connectivity index is 1.91. The molecular weight excluding hydrogens is 344 g/mol. The molecule has 0 fully saturated rings. The molecule has 0 saturated heterocycles. The summed E-state index contributed by atoms with van der Waals surface area (Å²) in [5.41, 5.74) is 0.757. The van der Waals surface area contributed by atoms with Gasteiger partial charge in [0.15, 0.2) is 0 Å². The maximum Gasteiger partial charge on any atom is 0.338 e. The predicted molar refractivity (Wildman–Crippen MR) is 94.5 cm³/mol. The molecule has 25 heavy (non-hydrogen) atoms. The van der Waals surface area contributed by atoms with Crippen molar-refractivity contribution < 1.29 is 19.1 Å². The summed E-state index contributed by atoms with van der Waals surface area (Å²) in [6.45, 7) is 6.89. The fraction of sp³-hybridized carbons (Fsp3) is 0.250. The lowest BCUT2D eigenvalue weighted by Crippen LogP contribution is -2.17. The van der Waals surface area contributed by atoms with Gasteiger partial charge < -0.3 is 10.1 Å². The molecule has 0 bridgehead atoms. The summed E-state index contributed by atoms with van der Waals surface area (Å²) in [7, 11) is 0. The van der Waals surface area contributed by atoms with Crippen molar-refractivity contribution in [3.63, 3.8) is 0 Å². The molecule has 1 aliphatic rings. The van der Waals surface area contributed by atoms with Crippen molar-refractivity contribution in [1.29, 1.82) is 0 Å². The molecule has 130 valence electrons. The fourth-order valence-electron chi connectivity index (χ4n) is 1.71. The van der Waals surface area contributed by atoms with Crippen LogP contribution in [0.25, 0.3) is 0 Å². The number of amides is 2. The average molecular weight is 360 g/mol. The molecule has 0 saturated carbocycles. The zero-order valence-electron chi connectivity index (χ0n) is 13.7. The van der Waals surface area contributed by atoms with Crippen molar-refractivity contribution in [2.75, 3.05) is 11.1 Å². The number of ether oxygens (including phenoxy) is 1. The summed E-state index contributed by atoms with van der Waals surface area (Å²) in [5.74, 6) is -1.39. The van der Waals surface area contributed by atoms with E-state index >= 15 is 0 Å². The van der Waals surface area contributed by atoms with Crippen LogP contribution in [0.4, 0.5) is 5.69 Å². The summed E-state index contributed by atoms with van der Waals surface area (Å²) >= 11 is 0.973. The van der Waals surface area contributed by atoms with E-state index in [0.717, 1.165) is 11.8 Å². The number of esters is 1. The zero-order valence-corrected chi connectivity index (χ0v) is 14.5. The maximum absolute atomic E-state index is 12.0. The van der Waals surface area contributed by atoms with E-state index in [9.17, 15) is 14.4 Å². The number of rotatable bonds is 5. The number of hydrogen-bond donors (Lipinski definition) is 1. The number of nitrogens with one attached hydrogen (secondary N) is 1. The highest BCUT2D eigenvalue weighted by Gasteiger charge is 2.15. The SMILES string of the molecule is C=C1N=NC(SCC(=O)Nc2cccc(C(=O)OC(C)C)c2)=NC1=O. The number of azo groups is 1. The second-order valence-corrected chi connectivity index (χ2v) is 6.16. The van der Waals surface area contributed by atoms with E-state index in [1.807, 2.05) is 0 Å². The number of hydrogen-bond acceptors (Lipinski definition) is 7. The minimum Gasteiger partial charge on any atom is -0.459 e. The van der Waals surface area contributed by atoms with E-state index < -0.39 is 11.9 Å². The quantitative estimate of drug-likeness (QED) is 0.641. The molecule has 0 atom stereocenters. The average Bonchev–Trinajstić information content (AvgIpc) is 2.55. The first-order valence-electron chi connectivity index (χ1n) is 7.32. The number of amidine groups is 1. The number of anilines is 1. The van der Waals surface area contributed by atoms with Crippen molar-refractivity contribution in [3.8, 4) is 0 Å². The Bertz CT molecular complexity index is 786. The first kappa shape index (κ1) is 18.5. The third kappa shape index (κ3) is 5.64. The van der Waals surface area contributed by atoms with E-state index in [-0.39, 0.29) is 28.6 Å². The highest BCUT2D eigenvalue weighted by Crippen LogP contribution is 2.16. The van der Waals surface area contributed by atoms with Crippen LogP contribution in [0, 0.1) is 0 Å². The fourth-order valence-corrected chi connectivity index (χ4v) is 2.29. The molecule has 0 unspecified atom stereocenters. The van der Waals surface area contributed by atoms with Crippen LogP contribution < -0.4 is 5.32 Å². The molecule has 1 N–H and O–H groups in total. The first-order valence-corrected chi connectivity index (χ1v) is 8.31. The van der Waals surface area contributed by atoms with Gasteiger partial charge in [-0.2, -0.15) is 4.99 Å². The Kier molecular flexibility index (Phi) is 6.18. The Morgan fingerprint density at radius 3 is 2.76 bits per heavy atom. The van der Waals surface area contributed by atoms with Gasteiger partial charge in [-0.05, 0) is 32.0 Å². The summed E-state index contributed by atoms with van der Waals surface area (Å²) in [6, 6.07) is 6.42. The van der Waals surface area contributed by atoms with E-state index in [2.05, 4.69) is 27.1 Å². The molecule has 0 aliphatic carbocycles. The number of thioether (sulfide) groups is 1. The normalized spacial score (nSPS) is 13.6. The van der Waals surface area contributed by atoms with Crippen molar-refractivity contribution in [3.05, 3.63) is 42.1 Å². The summed E-state index contributed by atoms with van der Waals surface area (Å²) < 4.78 is 5.11. The number of nitrogens with zero attached hydrogens (tertiary/aromatic N) is 3. The van der Waals surface area contributed by atoms with Gasteiger partial charge in [0, 0.05) is 5.69 Å². The lowest BCUT2D eigenvalue weighted by atomic mass is 10.2. The lowest BCUT2D eigenvalue weighted by molar-refractivity contribution is -0.115. The first-order chi connectivity index (χ1) is 11.8. The summed E-state index contributed by atoms with van der Waals surface area (Å²) in [5, 5.41) is 9.99. The van der Waals surface area contributed by atoms with Gasteiger partial charge in [-0.15, -0.1) is 10.2 Å². The number of aliphatic imine (C=N–C) groups is 1. The minimum absolute atomic E-state index is 0.0156. The van der Waals surface area contributed by atoms with Crippen LogP contribution >= 0.6 is 11.8 Å². The molecule has 0 radical (unpaired) electrons. The monoisotopic (exact) mass is 360 g/mol. The summed E-state index contributed by atoms with van der Waals surface area (Å²) in [6.07, 6.45) is -0.230. The van der Waals surface area contributed by atoms with Gasteiger partial charge in [-0.25, -0.2) is 4.79 Å². The van der Waals surface area contributed by atoms with Gasteiger partial charge in [0.1, 0.15) is 5.70 Å². The second-order valence-electron chi connectivity index (χ2n) is 5.22. The molecule has 2 amide bonds. The highest BCUT2D eigenvalue weighted by molar-refractivity contribution is 8.14. The Morgan fingerprint density at radius 2 is 2.08 bits per heavy atom. The molecule has 1 aliphatic heterocycles. The van der Waals surface area contributed by atoms with Crippen molar-refractivity contribution in [1.82, 2.24) is 0 Å². The van der Waals surface area contributed by atoms with Crippen LogP contribution in [-0.4, -0.2) is 34.8 Å². The number of benzene rings is 1. The van der Waals surface area contributed by atoms with Crippen LogP contribution in [0.5, 0.6) is 0 Å². The predicted octanol–water partition coefficient (Wildman–Crippen LogP) is 2.79. The molecule has 1 heterocycles. The van der Waals surface area contributed by atoms with Crippen molar-refractivity contribution in [2.45, 2.75) is 20.0 Å². The van der Waals surface area contributed by atoms with E-state index in [1.165, 1.54) is 6.07 Å². The van der Waals surface area contributed by atoms with Crippen LogP contribution in [-0.2, 0) is 14.3 Å². The maximum atomic E-state index is 12.0. The van der Waals surface area contributed by atoms with Crippen molar-refractivity contribution >= 4 is 40.4 Å². The third-order valence-corrected chi connectivity index (χ3v) is 3.60. The van der Waals surface area contributed by atoms with Gasteiger partial charge >= 0.3 is 5.97 Å². The largest absolute Gasteiger partial charge is 0.459 e. The molecule has 1 aromatic rings.